The van der Waals surface area contributed by atoms with E-state index in [0.717, 1.165) is 17.6 Å². The Balaban J connectivity index is 2.14. The summed E-state index contributed by atoms with van der Waals surface area (Å²) >= 11 is 1.34. The van der Waals surface area contributed by atoms with E-state index in [1.165, 1.54) is 15.6 Å². The van der Waals surface area contributed by atoms with Gasteiger partial charge in [-0.3, -0.25) is 0 Å². The van der Waals surface area contributed by atoms with Gasteiger partial charge in [0.15, 0.2) is 0 Å². The van der Waals surface area contributed by atoms with Gasteiger partial charge < -0.3 is 4.79 Å². The van der Waals surface area contributed by atoms with E-state index in [2.05, 4.69) is 0 Å². The van der Waals surface area contributed by atoms with Crippen LogP contribution in [0.4, 0.5) is 0 Å². The first-order valence-electron chi connectivity index (χ1n) is 6.12. The highest BCUT2D eigenvalue weighted by Crippen LogP contribution is 2.28. The zero-order valence-electron chi connectivity index (χ0n) is 10.3. The highest BCUT2D eigenvalue weighted by Gasteiger charge is 2.30. The number of nitrogens with zero attached hydrogens (tertiary/aromatic N) is 1. The Morgan fingerprint density at radius 3 is 2.56 bits per heavy atom. The summed E-state index contributed by atoms with van der Waals surface area (Å²) < 4.78 is 26.6. The van der Waals surface area contributed by atoms with Crippen LogP contribution in [0.5, 0.6) is 0 Å². The summed E-state index contributed by atoms with van der Waals surface area (Å²) in [6.45, 7) is 2.91. The van der Waals surface area contributed by atoms with Gasteiger partial charge in [0, 0.05) is 23.9 Å². The molecule has 0 radical (unpaired) electrons. The third kappa shape index (κ3) is 2.65. The SMILES string of the molecule is CCc1ccc(S(=O)(=O)N2CCC(C=O)CC2)s1. The molecule has 1 aliphatic heterocycles. The molecule has 0 unspecified atom stereocenters. The van der Waals surface area contributed by atoms with Crippen molar-refractivity contribution < 1.29 is 13.2 Å². The minimum Gasteiger partial charge on any atom is -0.303 e. The quantitative estimate of drug-likeness (QED) is 0.795. The summed E-state index contributed by atoms with van der Waals surface area (Å²) in [7, 11) is -3.35. The first kappa shape index (κ1) is 13.7. The largest absolute Gasteiger partial charge is 0.303 e. The molecule has 0 atom stereocenters. The van der Waals surface area contributed by atoms with E-state index in [-0.39, 0.29) is 5.92 Å². The molecule has 0 amide bonds. The second-order valence-electron chi connectivity index (χ2n) is 4.45. The Hall–Kier alpha value is -0.720. The van der Waals surface area contributed by atoms with Crippen molar-refractivity contribution in [2.45, 2.75) is 30.4 Å². The highest BCUT2D eigenvalue weighted by molar-refractivity contribution is 7.91. The zero-order valence-corrected chi connectivity index (χ0v) is 12.0. The van der Waals surface area contributed by atoms with E-state index in [0.29, 0.717) is 30.1 Å². The third-order valence-electron chi connectivity index (χ3n) is 3.27. The maximum atomic E-state index is 12.4. The molecule has 1 saturated heterocycles. The van der Waals surface area contributed by atoms with Crippen LogP contribution < -0.4 is 0 Å². The number of aldehydes is 1. The molecule has 0 bridgehead atoms. The molecule has 1 fully saturated rings. The average Bonchev–Trinajstić information content (AvgIpc) is 2.88. The van der Waals surface area contributed by atoms with Gasteiger partial charge in [0.25, 0.3) is 10.0 Å². The number of carbonyl (C=O) groups excluding carboxylic acids is 1. The van der Waals surface area contributed by atoms with E-state index in [4.69, 9.17) is 0 Å². The van der Waals surface area contributed by atoms with Crippen LogP contribution in [0.15, 0.2) is 16.3 Å². The van der Waals surface area contributed by atoms with Gasteiger partial charge in [0.1, 0.15) is 10.5 Å². The lowest BCUT2D eigenvalue weighted by Crippen LogP contribution is -2.38. The van der Waals surface area contributed by atoms with Crippen LogP contribution in [0, 0.1) is 5.92 Å². The van der Waals surface area contributed by atoms with E-state index in [1.54, 1.807) is 6.07 Å². The molecule has 1 aromatic heterocycles. The Morgan fingerprint density at radius 2 is 2.06 bits per heavy atom. The van der Waals surface area contributed by atoms with Crippen molar-refractivity contribution in [1.29, 1.82) is 0 Å². The lowest BCUT2D eigenvalue weighted by Gasteiger charge is -2.28. The topological polar surface area (TPSA) is 54.5 Å². The Kier molecular flexibility index (Phi) is 4.19. The number of hydrogen-bond donors (Lipinski definition) is 0. The number of sulfonamides is 1. The fourth-order valence-corrected chi connectivity index (χ4v) is 4.99. The van der Waals surface area contributed by atoms with Gasteiger partial charge >= 0.3 is 0 Å². The van der Waals surface area contributed by atoms with Gasteiger partial charge in [-0.25, -0.2) is 8.42 Å². The highest BCUT2D eigenvalue weighted by atomic mass is 32.2. The Labute approximate surface area is 112 Å². The minimum absolute atomic E-state index is 0.0194. The molecule has 6 heteroatoms. The van der Waals surface area contributed by atoms with Crippen LogP contribution in [0.3, 0.4) is 0 Å². The fraction of sp³-hybridized carbons (Fsp3) is 0.583. The molecular formula is C12H17NO3S2. The molecule has 2 heterocycles. The van der Waals surface area contributed by atoms with Crippen LogP contribution in [0.1, 0.15) is 24.6 Å². The van der Waals surface area contributed by atoms with Crippen molar-refractivity contribution in [3.63, 3.8) is 0 Å². The minimum atomic E-state index is -3.35. The zero-order chi connectivity index (χ0) is 13.2. The van der Waals surface area contributed by atoms with Crippen LogP contribution >= 0.6 is 11.3 Å². The van der Waals surface area contributed by atoms with Gasteiger partial charge in [-0.15, -0.1) is 11.3 Å². The van der Waals surface area contributed by atoms with E-state index < -0.39 is 10.0 Å². The van der Waals surface area contributed by atoms with Gasteiger partial charge in [-0.1, -0.05) is 6.92 Å². The second-order valence-corrected chi connectivity index (χ2v) is 7.78. The molecule has 0 aromatic carbocycles. The number of carbonyl (C=O) groups is 1. The Morgan fingerprint density at radius 1 is 1.39 bits per heavy atom. The van der Waals surface area contributed by atoms with Crippen LogP contribution in [-0.4, -0.2) is 32.1 Å². The number of thiophene rings is 1. The molecule has 0 saturated carbocycles. The predicted octanol–water partition coefficient (Wildman–Crippen LogP) is 1.91. The van der Waals surface area contributed by atoms with Crippen LogP contribution in [0.25, 0.3) is 0 Å². The number of rotatable bonds is 4. The van der Waals surface area contributed by atoms with Crippen molar-refractivity contribution in [2.75, 3.05) is 13.1 Å². The molecule has 0 aliphatic carbocycles. The maximum Gasteiger partial charge on any atom is 0.252 e. The molecule has 1 aromatic rings. The maximum absolute atomic E-state index is 12.4. The fourth-order valence-electron chi connectivity index (χ4n) is 2.07. The van der Waals surface area contributed by atoms with Gasteiger partial charge in [-0.05, 0) is 31.4 Å². The van der Waals surface area contributed by atoms with Gasteiger partial charge in [0.2, 0.25) is 0 Å². The number of aryl methyl sites for hydroxylation is 1. The van der Waals surface area contributed by atoms with Crippen molar-refractivity contribution in [2.24, 2.45) is 5.92 Å². The molecule has 2 rings (SSSR count). The van der Waals surface area contributed by atoms with E-state index in [9.17, 15) is 13.2 Å². The lowest BCUT2D eigenvalue weighted by atomic mass is 10.0. The molecule has 0 N–H and O–H groups in total. The first-order valence-corrected chi connectivity index (χ1v) is 8.37. The third-order valence-corrected chi connectivity index (χ3v) is 6.87. The normalized spacial score (nSPS) is 18.9. The second kappa shape index (κ2) is 5.50. The molecule has 4 nitrogen and oxygen atoms in total. The molecular weight excluding hydrogens is 270 g/mol. The summed E-state index contributed by atoms with van der Waals surface area (Å²) in [6, 6.07) is 3.56. The van der Waals surface area contributed by atoms with Crippen molar-refractivity contribution in [3.8, 4) is 0 Å². The average molecular weight is 287 g/mol. The first-order chi connectivity index (χ1) is 8.57. The monoisotopic (exact) mass is 287 g/mol. The van der Waals surface area contributed by atoms with Crippen molar-refractivity contribution in [3.05, 3.63) is 17.0 Å². The summed E-state index contributed by atoms with van der Waals surface area (Å²) in [4.78, 5) is 11.7. The standard InChI is InChI=1S/C12H17NO3S2/c1-2-11-3-4-12(17-11)18(15,16)13-7-5-10(9-14)6-8-13/h3-4,9-10H,2,5-8H2,1H3. The summed E-state index contributed by atoms with van der Waals surface area (Å²) in [5, 5.41) is 0. The molecule has 18 heavy (non-hydrogen) atoms. The molecule has 1 aliphatic rings. The lowest BCUT2D eigenvalue weighted by molar-refractivity contribution is -0.112. The summed E-state index contributed by atoms with van der Waals surface area (Å²) in [6.07, 6.45) is 3.06. The van der Waals surface area contributed by atoms with Crippen LogP contribution in [-0.2, 0) is 21.2 Å². The smallest absolute Gasteiger partial charge is 0.252 e. The molecule has 100 valence electrons. The van der Waals surface area contributed by atoms with Gasteiger partial charge in [0.05, 0.1) is 0 Å². The van der Waals surface area contributed by atoms with Crippen LogP contribution in [0.2, 0.25) is 0 Å². The predicted molar refractivity (Wildman–Crippen MR) is 71.2 cm³/mol. The van der Waals surface area contributed by atoms with Crippen molar-refractivity contribution in [1.82, 2.24) is 4.31 Å². The van der Waals surface area contributed by atoms with Gasteiger partial charge in [-0.2, -0.15) is 4.31 Å². The van der Waals surface area contributed by atoms with Crippen molar-refractivity contribution >= 4 is 27.6 Å². The number of hydrogen-bond acceptors (Lipinski definition) is 4. The number of piperidine rings is 1. The summed E-state index contributed by atoms with van der Waals surface area (Å²) in [5.41, 5.74) is 0. The Bertz CT molecular complexity index is 513. The summed E-state index contributed by atoms with van der Waals surface area (Å²) in [5.74, 6) is 0.0194. The van der Waals surface area contributed by atoms with E-state index >= 15 is 0 Å². The molecule has 0 spiro atoms. The van der Waals surface area contributed by atoms with E-state index in [1.807, 2.05) is 13.0 Å².